The van der Waals surface area contributed by atoms with E-state index in [1.165, 1.54) is 11.1 Å². The Morgan fingerprint density at radius 1 is 1.43 bits per heavy atom. The molecule has 1 aromatic carbocycles. The Hall–Kier alpha value is -0.830. The van der Waals surface area contributed by atoms with Crippen molar-refractivity contribution < 1.29 is 4.79 Å². The first-order valence-electron chi connectivity index (χ1n) is 4.71. The van der Waals surface area contributed by atoms with Gasteiger partial charge in [0.25, 0.3) is 0 Å². The van der Waals surface area contributed by atoms with Gasteiger partial charge in [0.05, 0.1) is 6.04 Å². The molecule has 0 aromatic heterocycles. The smallest absolute Gasteiger partial charge is 0.220 e. The summed E-state index contributed by atoms with van der Waals surface area (Å²) in [4.78, 5) is 11.1. The number of rotatable bonds is 1. The third-order valence-corrected chi connectivity index (χ3v) is 2.92. The SMILES string of the molecule is Cc1cc(Br)cc(C2CCC(=O)N2)c1. The Balaban J connectivity index is 2.27. The maximum Gasteiger partial charge on any atom is 0.220 e. The summed E-state index contributed by atoms with van der Waals surface area (Å²) in [5.41, 5.74) is 2.42. The van der Waals surface area contributed by atoms with Crippen LogP contribution in [0.5, 0.6) is 0 Å². The Morgan fingerprint density at radius 3 is 2.79 bits per heavy atom. The summed E-state index contributed by atoms with van der Waals surface area (Å²) in [5.74, 6) is 0.160. The summed E-state index contributed by atoms with van der Waals surface area (Å²) < 4.78 is 1.08. The van der Waals surface area contributed by atoms with E-state index in [0.29, 0.717) is 6.42 Å². The number of carbonyl (C=O) groups is 1. The van der Waals surface area contributed by atoms with Gasteiger partial charge in [-0.3, -0.25) is 4.79 Å². The van der Waals surface area contributed by atoms with Crippen LogP contribution in [0.1, 0.15) is 30.0 Å². The fraction of sp³-hybridized carbons (Fsp3) is 0.364. The van der Waals surface area contributed by atoms with Gasteiger partial charge in [0, 0.05) is 10.9 Å². The molecule has 1 heterocycles. The average molecular weight is 254 g/mol. The third-order valence-electron chi connectivity index (χ3n) is 2.46. The van der Waals surface area contributed by atoms with Crippen molar-refractivity contribution >= 4 is 21.8 Å². The zero-order valence-corrected chi connectivity index (χ0v) is 9.60. The van der Waals surface area contributed by atoms with Crippen molar-refractivity contribution in [2.75, 3.05) is 0 Å². The van der Waals surface area contributed by atoms with E-state index in [4.69, 9.17) is 0 Å². The van der Waals surface area contributed by atoms with Crippen LogP contribution < -0.4 is 5.32 Å². The van der Waals surface area contributed by atoms with E-state index in [-0.39, 0.29) is 11.9 Å². The summed E-state index contributed by atoms with van der Waals surface area (Å²) in [6, 6.07) is 6.48. The lowest BCUT2D eigenvalue weighted by atomic mass is 10.0. The Kier molecular flexibility index (Phi) is 2.59. The first-order chi connectivity index (χ1) is 6.65. The van der Waals surface area contributed by atoms with Crippen molar-refractivity contribution in [1.29, 1.82) is 0 Å². The van der Waals surface area contributed by atoms with Crippen LogP contribution in [0, 0.1) is 6.92 Å². The molecule has 2 rings (SSSR count). The van der Waals surface area contributed by atoms with Gasteiger partial charge in [0.15, 0.2) is 0 Å². The zero-order valence-electron chi connectivity index (χ0n) is 8.01. The second-order valence-electron chi connectivity index (χ2n) is 3.72. The van der Waals surface area contributed by atoms with Gasteiger partial charge in [-0.1, -0.05) is 22.0 Å². The van der Waals surface area contributed by atoms with Crippen molar-refractivity contribution in [3.05, 3.63) is 33.8 Å². The molecule has 1 aliphatic heterocycles. The minimum Gasteiger partial charge on any atom is -0.349 e. The third kappa shape index (κ3) is 1.98. The van der Waals surface area contributed by atoms with Crippen LogP contribution in [-0.4, -0.2) is 5.91 Å². The molecule has 1 amide bonds. The molecule has 2 nitrogen and oxygen atoms in total. The van der Waals surface area contributed by atoms with Crippen LogP contribution in [0.4, 0.5) is 0 Å². The fourth-order valence-corrected chi connectivity index (χ4v) is 2.46. The van der Waals surface area contributed by atoms with Gasteiger partial charge in [0.1, 0.15) is 0 Å². The van der Waals surface area contributed by atoms with Crippen LogP contribution in [0.2, 0.25) is 0 Å². The predicted molar refractivity (Wildman–Crippen MR) is 59.0 cm³/mol. The second kappa shape index (κ2) is 3.73. The quantitative estimate of drug-likeness (QED) is 0.820. The molecule has 1 aliphatic rings. The summed E-state index contributed by atoms with van der Waals surface area (Å²) >= 11 is 3.46. The predicted octanol–water partition coefficient (Wildman–Crippen LogP) is 2.71. The van der Waals surface area contributed by atoms with Crippen LogP contribution in [0.3, 0.4) is 0 Å². The molecule has 3 heteroatoms. The van der Waals surface area contributed by atoms with Crippen molar-refractivity contribution in [3.8, 4) is 0 Å². The van der Waals surface area contributed by atoms with E-state index in [1.54, 1.807) is 0 Å². The highest BCUT2D eigenvalue weighted by Gasteiger charge is 2.22. The normalized spacial score (nSPS) is 21.0. The lowest BCUT2D eigenvalue weighted by Crippen LogP contribution is -2.18. The van der Waals surface area contributed by atoms with Gasteiger partial charge in [-0.25, -0.2) is 0 Å². The molecule has 1 atom stereocenters. The van der Waals surface area contributed by atoms with E-state index in [0.717, 1.165) is 10.9 Å². The van der Waals surface area contributed by atoms with Crippen molar-refractivity contribution in [2.45, 2.75) is 25.8 Å². The largest absolute Gasteiger partial charge is 0.349 e. The van der Waals surface area contributed by atoms with Gasteiger partial charge in [-0.15, -0.1) is 0 Å². The number of amides is 1. The molecule has 0 spiro atoms. The standard InChI is InChI=1S/C11H12BrNO/c1-7-4-8(6-9(12)5-7)10-2-3-11(14)13-10/h4-6,10H,2-3H2,1H3,(H,13,14). The molecule has 0 radical (unpaired) electrons. The molecule has 0 bridgehead atoms. The van der Waals surface area contributed by atoms with E-state index >= 15 is 0 Å². The van der Waals surface area contributed by atoms with Gasteiger partial charge in [0.2, 0.25) is 5.91 Å². The molecule has 1 saturated heterocycles. The molecule has 1 fully saturated rings. The van der Waals surface area contributed by atoms with Crippen LogP contribution in [0.15, 0.2) is 22.7 Å². The summed E-state index contributed by atoms with van der Waals surface area (Å²) in [6.07, 6.45) is 1.56. The van der Waals surface area contributed by atoms with Crippen LogP contribution in [0.25, 0.3) is 0 Å². The highest BCUT2D eigenvalue weighted by Crippen LogP contribution is 2.26. The molecule has 1 aromatic rings. The number of carbonyl (C=O) groups excluding carboxylic acids is 1. The van der Waals surface area contributed by atoms with Gasteiger partial charge >= 0.3 is 0 Å². The van der Waals surface area contributed by atoms with Crippen LogP contribution in [-0.2, 0) is 4.79 Å². The molecular formula is C11H12BrNO. The van der Waals surface area contributed by atoms with Gasteiger partial charge < -0.3 is 5.32 Å². The van der Waals surface area contributed by atoms with Crippen molar-refractivity contribution in [3.63, 3.8) is 0 Å². The van der Waals surface area contributed by atoms with E-state index < -0.39 is 0 Å². The first kappa shape index (κ1) is 9.71. The molecular weight excluding hydrogens is 242 g/mol. The Bertz CT molecular complexity index is 355. The molecule has 14 heavy (non-hydrogen) atoms. The lowest BCUT2D eigenvalue weighted by molar-refractivity contribution is -0.119. The maximum absolute atomic E-state index is 11.1. The van der Waals surface area contributed by atoms with Gasteiger partial charge in [-0.2, -0.15) is 0 Å². The fourth-order valence-electron chi connectivity index (χ4n) is 1.83. The minimum atomic E-state index is 0.160. The molecule has 74 valence electrons. The van der Waals surface area contributed by atoms with Crippen molar-refractivity contribution in [2.24, 2.45) is 0 Å². The summed E-state index contributed by atoms with van der Waals surface area (Å²) in [5, 5.41) is 2.96. The van der Waals surface area contributed by atoms with Crippen molar-refractivity contribution in [1.82, 2.24) is 5.32 Å². The summed E-state index contributed by atoms with van der Waals surface area (Å²) in [7, 11) is 0. The maximum atomic E-state index is 11.1. The summed E-state index contributed by atoms with van der Waals surface area (Å²) in [6.45, 7) is 2.06. The first-order valence-corrected chi connectivity index (χ1v) is 5.51. The number of nitrogens with one attached hydrogen (secondary N) is 1. The molecule has 1 N–H and O–H groups in total. The lowest BCUT2D eigenvalue weighted by Gasteiger charge is -2.11. The molecule has 1 unspecified atom stereocenters. The van der Waals surface area contributed by atoms with E-state index in [9.17, 15) is 4.79 Å². The average Bonchev–Trinajstić information content (AvgIpc) is 2.50. The minimum absolute atomic E-state index is 0.160. The second-order valence-corrected chi connectivity index (χ2v) is 4.64. The zero-order chi connectivity index (χ0) is 10.1. The monoisotopic (exact) mass is 253 g/mol. The number of hydrogen-bond acceptors (Lipinski definition) is 1. The molecule has 0 aliphatic carbocycles. The van der Waals surface area contributed by atoms with Gasteiger partial charge in [-0.05, 0) is 36.6 Å². The number of benzene rings is 1. The molecule has 0 saturated carbocycles. The highest BCUT2D eigenvalue weighted by atomic mass is 79.9. The highest BCUT2D eigenvalue weighted by molar-refractivity contribution is 9.10. The number of hydrogen-bond donors (Lipinski definition) is 1. The topological polar surface area (TPSA) is 29.1 Å². The Labute approximate surface area is 91.8 Å². The van der Waals surface area contributed by atoms with Crippen LogP contribution >= 0.6 is 15.9 Å². The number of aryl methyl sites for hydroxylation is 1. The Morgan fingerprint density at radius 2 is 2.21 bits per heavy atom. The van der Waals surface area contributed by atoms with E-state index in [2.05, 4.69) is 46.4 Å². The number of halogens is 1. The van der Waals surface area contributed by atoms with E-state index in [1.807, 2.05) is 0 Å².